The van der Waals surface area contributed by atoms with Crippen molar-refractivity contribution in [2.24, 2.45) is 5.92 Å². The molecule has 0 aromatic heterocycles. The van der Waals surface area contributed by atoms with Gasteiger partial charge in [-0.3, -0.25) is 19.7 Å². The lowest BCUT2D eigenvalue weighted by atomic mass is 10.0. The van der Waals surface area contributed by atoms with E-state index >= 15 is 0 Å². The van der Waals surface area contributed by atoms with Gasteiger partial charge in [-0.05, 0) is 31.7 Å². The summed E-state index contributed by atoms with van der Waals surface area (Å²) in [6.45, 7) is 1.47. The summed E-state index contributed by atoms with van der Waals surface area (Å²) in [5, 5.41) is 13.2. The Morgan fingerprint density at radius 1 is 1.42 bits per heavy atom. The molecule has 0 heterocycles. The van der Waals surface area contributed by atoms with Gasteiger partial charge in [0.1, 0.15) is 0 Å². The van der Waals surface area contributed by atoms with E-state index < -0.39 is 16.9 Å². The lowest BCUT2D eigenvalue weighted by Gasteiger charge is -2.15. The number of carbonyl (C=O) groups is 2. The number of non-ortho nitro benzene ring substituents is 1. The molecule has 1 atom stereocenters. The summed E-state index contributed by atoms with van der Waals surface area (Å²) in [6, 6.07) is 3.72. The molecule has 1 aromatic rings. The quantitative estimate of drug-likeness (QED) is 0.477. The van der Waals surface area contributed by atoms with Gasteiger partial charge in [0.15, 0.2) is 6.10 Å². The minimum atomic E-state index is -0.967. The van der Waals surface area contributed by atoms with Gasteiger partial charge in [-0.25, -0.2) is 0 Å². The first-order valence-corrected chi connectivity index (χ1v) is 8.19. The van der Waals surface area contributed by atoms with Crippen molar-refractivity contribution in [1.29, 1.82) is 0 Å². The zero-order chi connectivity index (χ0) is 17.7. The molecule has 0 aliphatic heterocycles. The van der Waals surface area contributed by atoms with E-state index in [1.165, 1.54) is 19.1 Å². The summed E-state index contributed by atoms with van der Waals surface area (Å²) >= 11 is 5.91. The SMILES string of the molecule is CC(OC(=O)CC1CCCC1)C(=O)Nc1ccc([N+](=O)[O-])cc1Cl. The van der Waals surface area contributed by atoms with E-state index in [1.54, 1.807) is 0 Å². The number of carbonyl (C=O) groups excluding carboxylic acids is 2. The second-order valence-electron chi connectivity index (χ2n) is 5.90. The van der Waals surface area contributed by atoms with Crippen molar-refractivity contribution < 1.29 is 19.2 Å². The minimum absolute atomic E-state index is 0.0435. The minimum Gasteiger partial charge on any atom is -0.453 e. The van der Waals surface area contributed by atoms with E-state index in [9.17, 15) is 19.7 Å². The van der Waals surface area contributed by atoms with Gasteiger partial charge in [-0.1, -0.05) is 24.4 Å². The Morgan fingerprint density at radius 2 is 2.08 bits per heavy atom. The Bertz CT molecular complexity index is 643. The Kier molecular flexibility index (Phi) is 6.14. The van der Waals surface area contributed by atoms with E-state index in [1.807, 2.05) is 0 Å². The second-order valence-corrected chi connectivity index (χ2v) is 6.30. The summed E-state index contributed by atoms with van der Waals surface area (Å²) < 4.78 is 5.15. The van der Waals surface area contributed by atoms with E-state index in [4.69, 9.17) is 16.3 Å². The van der Waals surface area contributed by atoms with E-state index in [0.29, 0.717) is 12.3 Å². The first kappa shape index (κ1) is 18.2. The predicted octanol–water partition coefficient (Wildman–Crippen LogP) is 3.70. The van der Waals surface area contributed by atoms with Crippen LogP contribution in [0, 0.1) is 16.0 Å². The predicted molar refractivity (Wildman–Crippen MR) is 88.9 cm³/mol. The van der Waals surface area contributed by atoms with Crippen LogP contribution >= 0.6 is 11.6 Å². The average Bonchev–Trinajstić information content (AvgIpc) is 3.01. The lowest BCUT2D eigenvalue weighted by Crippen LogP contribution is -2.30. The van der Waals surface area contributed by atoms with Crippen molar-refractivity contribution in [3.05, 3.63) is 33.3 Å². The number of hydrogen-bond acceptors (Lipinski definition) is 5. The molecule has 1 aliphatic rings. The molecule has 1 amide bonds. The number of nitrogens with one attached hydrogen (secondary N) is 1. The maximum Gasteiger partial charge on any atom is 0.306 e. The van der Waals surface area contributed by atoms with Crippen molar-refractivity contribution >= 4 is 34.9 Å². The Balaban J connectivity index is 1.88. The number of nitro groups is 1. The number of halogens is 1. The molecular formula is C16H19ClN2O5. The Morgan fingerprint density at radius 3 is 2.67 bits per heavy atom. The highest BCUT2D eigenvalue weighted by atomic mass is 35.5. The van der Waals surface area contributed by atoms with Crippen LogP contribution in [-0.4, -0.2) is 22.9 Å². The number of hydrogen-bond donors (Lipinski definition) is 1. The number of esters is 1. The third-order valence-electron chi connectivity index (χ3n) is 4.03. The van der Waals surface area contributed by atoms with Crippen LogP contribution in [0.2, 0.25) is 5.02 Å². The third kappa shape index (κ3) is 4.92. The zero-order valence-electron chi connectivity index (χ0n) is 13.3. The summed E-state index contributed by atoms with van der Waals surface area (Å²) in [5.41, 5.74) is 0.0556. The van der Waals surface area contributed by atoms with Crippen LogP contribution in [0.4, 0.5) is 11.4 Å². The van der Waals surface area contributed by atoms with Crippen molar-refractivity contribution in [3.8, 4) is 0 Å². The molecule has 1 fully saturated rings. The summed E-state index contributed by atoms with van der Waals surface area (Å²) in [7, 11) is 0. The van der Waals surface area contributed by atoms with E-state index in [0.717, 1.165) is 31.7 Å². The molecule has 0 bridgehead atoms. The Hall–Kier alpha value is -2.15. The van der Waals surface area contributed by atoms with Crippen LogP contribution < -0.4 is 5.32 Å². The number of rotatable bonds is 6. The molecule has 2 rings (SSSR count). The van der Waals surface area contributed by atoms with Crippen LogP contribution in [0.5, 0.6) is 0 Å². The molecule has 8 heteroatoms. The number of amides is 1. The topological polar surface area (TPSA) is 98.5 Å². The Labute approximate surface area is 144 Å². The van der Waals surface area contributed by atoms with Crippen molar-refractivity contribution in [3.63, 3.8) is 0 Å². The standard InChI is InChI=1S/C16H19ClN2O5/c1-10(24-15(20)8-11-4-2-3-5-11)16(21)18-14-7-6-12(19(22)23)9-13(14)17/h6-7,9-11H,2-5,8H2,1H3,(H,18,21). The maximum atomic E-state index is 12.1. The van der Waals surface area contributed by atoms with Gasteiger partial charge < -0.3 is 10.1 Å². The van der Waals surface area contributed by atoms with Gasteiger partial charge in [0, 0.05) is 18.6 Å². The van der Waals surface area contributed by atoms with Crippen molar-refractivity contribution in [2.45, 2.75) is 45.1 Å². The first-order chi connectivity index (χ1) is 11.4. The fourth-order valence-electron chi connectivity index (χ4n) is 2.70. The largest absolute Gasteiger partial charge is 0.453 e. The van der Waals surface area contributed by atoms with Gasteiger partial charge in [-0.2, -0.15) is 0 Å². The molecule has 1 saturated carbocycles. The first-order valence-electron chi connectivity index (χ1n) is 7.81. The number of nitro benzene ring substituents is 1. The zero-order valence-corrected chi connectivity index (χ0v) is 14.0. The molecule has 0 radical (unpaired) electrons. The highest BCUT2D eigenvalue weighted by Gasteiger charge is 2.23. The van der Waals surface area contributed by atoms with Crippen molar-refractivity contribution in [1.82, 2.24) is 0 Å². The van der Waals surface area contributed by atoms with Crippen LogP contribution in [0.1, 0.15) is 39.0 Å². The summed E-state index contributed by atoms with van der Waals surface area (Å²) in [6.07, 6.45) is 3.67. The van der Waals surface area contributed by atoms with Crippen LogP contribution in [-0.2, 0) is 14.3 Å². The molecule has 1 unspecified atom stereocenters. The molecular weight excluding hydrogens is 336 g/mol. The molecule has 1 N–H and O–H groups in total. The molecule has 0 saturated heterocycles. The molecule has 1 aliphatic carbocycles. The van der Waals surface area contributed by atoms with Gasteiger partial charge in [-0.15, -0.1) is 0 Å². The number of ether oxygens (including phenoxy) is 1. The summed E-state index contributed by atoms with van der Waals surface area (Å²) in [5.74, 6) is -0.582. The van der Waals surface area contributed by atoms with E-state index in [2.05, 4.69) is 5.32 Å². The molecule has 24 heavy (non-hydrogen) atoms. The van der Waals surface area contributed by atoms with Crippen LogP contribution in [0.3, 0.4) is 0 Å². The second kappa shape index (κ2) is 8.10. The van der Waals surface area contributed by atoms with Gasteiger partial charge >= 0.3 is 5.97 Å². The van der Waals surface area contributed by atoms with Gasteiger partial charge in [0.25, 0.3) is 11.6 Å². The monoisotopic (exact) mass is 354 g/mol. The smallest absolute Gasteiger partial charge is 0.306 e. The highest BCUT2D eigenvalue weighted by molar-refractivity contribution is 6.34. The van der Waals surface area contributed by atoms with Gasteiger partial charge in [0.2, 0.25) is 0 Å². The number of benzene rings is 1. The summed E-state index contributed by atoms with van der Waals surface area (Å²) in [4.78, 5) is 34.0. The fraction of sp³-hybridized carbons (Fsp3) is 0.500. The third-order valence-corrected chi connectivity index (χ3v) is 4.34. The molecule has 1 aromatic carbocycles. The number of anilines is 1. The lowest BCUT2D eigenvalue weighted by molar-refractivity contribution is -0.384. The maximum absolute atomic E-state index is 12.1. The normalized spacial score (nSPS) is 15.8. The van der Waals surface area contributed by atoms with Crippen LogP contribution in [0.25, 0.3) is 0 Å². The van der Waals surface area contributed by atoms with Crippen LogP contribution in [0.15, 0.2) is 18.2 Å². The highest BCUT2D eigenvalue weighted by Crippen LogP contribution is 2.28. The molecule has 130 valence electrons. The number of nitrogens with zero attached hydrogens (tertiary/aromatic N) is 1. The van der Waals surface area contributed by atoms with Crippen molar-refractivity contribution in [2.75, 3.05) is 5.32 Å². The average molecular weight is 355 g/mol. The molecule has 0 spiro atoms. The molecule has 7 nitrogen and oxygen atoms in total. The van der Waals surface area contributed by atoms with Gasteiger partial charge in [0.05, 0.1) is 15.6 Å². The van der Waals surface area contributed by atoms with E-state index in [-0.39, 0.29) is 22.4 Å². The fourth-order valence-corrected chi connectivity index (χ4v) is 2.92.